The fourth-order valence-electron chi connectivity index (χ4n) is 3.03. The molecular formula is C24H25N3O2. The monoisotopic (exact) mass is 387 g/mol. The normalized spacial score (nSPS) is 11.4. The molecule has 0 radical (unpaired) electrons. The van der Waals surface area contributed by atoms with E-state index in [1.54, 1.807) is 0 Å². The van der Waals surface area contributed by atoms with Gasteiger partial charge in [0.15, 0.2) is 0 Å². The summed E-state index contributed by atoms with van der Waals surface area (Å²) in [6.07, 6.45) is 0.357. The number of aryl methyl sites for hydroxylation is 1. The van der Waals surface area contributed by atoms with Crippen LogP contribution in [0.2, 0.25) is 0 Å². The lowest BCUT2D eigenvalue weighted by atomic mass is 10.0. The lowest BCUT2D eigenvalue weighted by Gasteiger charge is -2.16. The third kappa shape index (κ3) is 5.94. The van der Waals surface area contributed by atoms with Gasteiger partial charge in [0, 0.05) is 11.4 Å². The van der Waals surface area contributed by atoms with Crippen LogP contribution >= 0.6 is 0 Å². The number of amides is 3. The molecule has 0 fully saturated rings. The van der Waals surface area contributed by atoms with Crippen molar-refractivity contribution < 1.29 is 9.59 Å². The molecule has 1 atom stereocenters. The lowest BCUT2D eigenvalue weighted by molar-refractivity contribution is -0.121. The maximum Gasteiger partial charge on any atom is 0.323 e. The summed E-state index contributed by atoms with van der Waals surface area (Å²) in [6.45, 7) is 3.95. The Hall–Kier alpha value is -3.60. The second-order valence-corrected chi connectivity index (χ2v) is 6.96. The number of carbonyl (C=O) groups excluding carboxylic acids is 2. The van der Waals surface area contributed by atoms with Gasteiger partial charge in [0.25, 0.3) is 0 Å². The smallest absolute Gasteiger partial charge is 0.323 e. The van der Waals surface area contributed by atoms with E-state index in [4.69, 9.17) is 0 Å². The van der Waals surface area contributed by atoms with Gasteiger partial charge in [0.05, 0.1) is 12.5 Å². The predicted octanol–water partition coefficient (Wildman–Crippen LogP) is 5.06. The van der Waals surface area contributed by atoms with Crippen molar-refractivity contribution in [2.75, 3.05) is 10.6 Å². The first-order valence-electron chi connectivity index (χ1n) is 9.58. The Morgan fingerprint density at radius 2 is 1.38 bits per heavy atom. The molecule has 3 amide bonds. The fraction of sp³-hybridized carbons (Fsp3) is 0.167. The number of hydrogen-bond acceptors (Lipinski definition) is 2. The molecule has 0 spiro atoms. The molecule has 5 nitrogen and oxygen atoms in total. The van der Waals surface area contributed by atoms with Crippen LogP contribution in [0.5, 0.6) is 0 Å². The fourth-order valence-corrected chi connectivity index (χ4v) is 3.03. The number of para-hydroxylation sites is 1. The molecule has 29 heavy (non-hydrogen) atoms. The summed E-state index contributed by atoms with van der Waals surface area (Å²) in [5.74, 6) is -0.0174. The van der Waals surface area contributed by atoms with E-state index in [0.29, 0.717) is 12.1 Å². The molecule has 1 unspecified atom stereocenters. The van der Waals surface area contributed by atoms with E-state index in [1.807, 2.05) is 92.7 Å². The molecule has 0 saturated carbocycles. The Morgan fingerprint density at radius 1 is 0.793 bits per heavy atom. The van der Waals surface area contributed by atoms with Crippen LogP contribution in [0.1, 0.15) is 29.7 Å². The number of urea groups is 1. The van der Waals surface area contributed by atoms with Gasteiger partial charge in [0.2, 0.25) is 5.91 Å². The SMILES string of the molecule is Cc1ccccc1CC(=O)NC(C)c1ccc(NC(=O)Nc2ccccc2)cc1. The second kappa shape index (κ2) is 9.55. The van der Waals surface area contributed by atoms with E-state index in [-0.39, 0.29) is 18.0 Å². The molecular weight excluding hydrogens is 362 g/mol. The molecule has 0 aliphatic carbocycles. The van der Waals surface area contributed by atoms with Gasteiger partial charge in [0.1, 0.15) is 0 Å². The number of carbonyl (C=O) groups is 2. The highest BCUT2D eigenvalue weighted by atomic mass is 16.2. The summed E-state index contributed by atoms with van der Waals surface area (Å²) < 4.78 is 0. The van der Waals surface area contributed by atoms with Gasteiger partial charge < -0.3 is 16.0 Å². The second-order valence-electron chi connectivity index (χ2n) is 6.96. The van der Waals surface area contributed by atoms with Crippen molar-refractivity contribution in [3.05, 3.63) is 95.6 Å². The Kier molecular flexibility index (Phi) is 6.63. The van der Waals surface area contributed by atoms with Crippen molar-refractivity contribution in [3.63, 3.8) is 0 Å². The molecule has 3 N–H and O–H groups in total. The van der Waals surface area contributed by atoms with Crippen molar-refractivity contribution in [2.45, 2.75) is 26.3 Å². The molecule has 0 aliphatic heterocycles. The molecule has 0 aromatic heterocycles. The van der Waals surface area contributed by atoms with Crippen LogP contribution in [-0.2, 0) is 11.2 Å². The minimum absolute atomic E-state index is 0.0174. The van der Waals surface area contributed by atoms with E-state index in [9.17, 15) is 9.59 Å². The van der Waals surface area contributed by atoms with Crippen LogP contribution in [-0.4, -0.2) is 11.9 Å². The van der Waals surface area contributed by atoms with Crippen LogP contribution in [0, 0.1) is 6.92 Å². The zero-order chi connectivity index (χ0) is 20.6. The number of rotatable bonds is 6. The largest absolute Gasteiger partial charge is 0.349 e. The van der Waals surface area contributed by atoms with Gasteiger partial charge in [-0.1, -0.05) is 54.6 Å². The summed E-state index contributed by atoms with van der Waals surface area (Å²) in [5, 5.41) is 8.60. The predicted molar refractivity (Wildman–Crippen MR) is 117 cm³/mol. The van der Waals surface area contributed by atoms with Crippen LogP contribution in [0.4, 0.5) is 16.2 Å². The van der Waals surface area contributed by atoms with Crippen LogP contribution in [0.3, 0.4) is 0 Å². The topological polar surface area (TPSA) is 70.2 Å². The summed E-state index contributed by atoms with van der Waals surface area (Å²) in [5.41, 5.74) is 4.52. The van der Waals surface area contributed by atoms with E-state index >= 15 is 0 Å². The molecule has 5 heteroatoms. The summed E-state index contributed by atoms with van der Waals surface area (Å²) in [6, 6.07) is 24.2. The average Bonchev–Trinajstić information content (AvgIpc) is 2.71. The number of nitrogens with one attached hydrogen (secondary N) is 3. The van der Waals surface area contributed by atoms with Crippen molar-refractivity contribution in [2.24, 2.45) is 0 Å². The lowest BCUT2D eigenvalue weighted by Crippen LogP contribution is -2.28. The van der Waals surface area contributed by atoms with Crippen LogP contribution < -0.4 is 16.0 Å². The molecule has 3 rings (SSSR count). The summed E-state index contributed by atoms with van der Waals surface area (Å²) in [4.78, 5) is 24.4. The van der Waals surface area contributed by atoms with E-state index in [0.717, 1.165) is 22.4 Å². The molecule has 0 aliphatic rings. The highest BCUT2D eigenvalue weighted by Crippen LogP contribution is 2.17. The standard InChI is InChI=1S/C24H25N3O2/c1-17-8-6-7-9-20(17)16-23(28)25-18(2)19-12-14-22(15-13-19)27-24(29)26-21-10-4-3-5-11-21/h3-15,18H,16H2,1-2H3,(H,25,28)(H2,26,27,29). The van der Waals surface area contributed by atoms with Gasteiger partial charge in [-0.2, -0.15) is 0 Å². The molecule has 148 valence electrons. The highest BCUT2D eigenvalue weighted by Gasteiger charge is 2.11. The molecule has 0 saturated heterocycles. The first-order valence-corrected chi connectivity index (χ1v) is 9.58. The van der Waals surface area contributed by atoms with E-state index in [2.05, 4.69) is 16.0 Å². The first kappa shape index (κ1) is 20.1. The number of benzene rings is 3. The first-order chi connectivity index (χ1) is 14.0. The zero-order valence-electron chi connectivity index (χ0n) is 16.6. The quantitative estimate of drug-likeness (QED) is 0.553. The Labute approximate surface area is 171 Å². The van der Waals surface area contributed by atoms with Gasteiger partial charge in [-0.15, -0.1) is 0 Å². The number of hydrogen-bond donors (Lipinski definition) is 3. The average molecular weight is 387 g/mol. The Bertz CT molecular complexity index is 969. The van der Waals surface area contributed by atoms with E-state index in [1.165, 1.54) is 0 Å². The van der Waals surface area contributed by atoms with Crippen molar-refractivity contribution in [3.8, 4) is 0 Å². The van der Waals surface area contributed by atoms with Crippen molar-refractivity contribution in [1.82, 2.24) is 5.32 Å². The van der Waals surface area contributed by atoms with Gasteiger partial charge in [-0.05, 0) is 54.8 Å². The van der Waals surface area contributed by atoms with Crippen LogP contribution in [0.25, 0.3) is 0 Å². The Morgan fingerprint density at radius 3 is 2.03 bits per heavy atom. The highest BCUT2D eigenvalue weighted by molar-refractivity contribution is 5.99. The molecule has 0 bridgehead atoms. The Balaban J connectivity index is 1.53. The van der Waals surface area contributed by atoms with Crippen molar-refractivity contribution >= 4 is 23.3 Å². The third-order valence-corrected chi connectivity index (χ3v) is 4.69. The maximum atomic E-state index is 12.4. The van der Waals surface area contributed by atoms with E-state index < -0.39 is 0 Å². The molecule has 3 aromatic carbocycles. The maximum absolute atomic E-state index is 12.4. The minimum atomic E-state index is -0.302. The summed E-state index contributed by atoms with van der Waals surface area (Å²) in [7, 11) is 0. The third-order valence-electron chi connectivity index (χ3n) is 4.69. The van der Waals surface area contributed by atoms with Gasteiger partial charge >= 0.3 is 6.03 Å². The zero-order valence-corrected chi connectivity index (χ0v) is 16.6. The number of anilines is 2. The van der Waals surface area contributed by atoms with Gasteiger partial charge in [-0.3, -0.25) is 4.79 Å². The summed E-state index contributed by atoms with van der Waals surface area (Å²) >= 11 is 0. The van der Waals surface area contributed by atoms with Crippen molar-refractivity contribution in [1.29, 1.82) is 0 Å². The molecule has 3 aromatic rings. The van der Waals surface area contributed by atoms with Crippen LogP contribution in [0.15, 0.2) is 78.9 Å². The molecule has 0 heterocycles. The minimum Gasteiger partial charge on any atom is -0.349 e. The van der Waals surface area contributed by atoms with Gasteiger partial charge in [-0.25, -0.2) is 4.79 Å².